The number of carbonyl (C=O) groups is 1. The number of anilines is 4. The molecule has 0 spiro atoms. The second-order valence-corrected chi connectivity index (χ2v) is 8.17. The lowest BCUT2D eigenvalue weighted by molar-refractivity contribution is 0.102. The topological polar surface area (TPSA) is 125 Å². The summed E-state index contributed by atoms with van der Waals surface area (Å²) in [5.41, 5.74) is 8.92. The van der Waals surface area contributed by atoms with Crippen molar-refractivity contribution in [1.82, 2.24) is 9.97 Å². The Labute approximate surface area is 219 Å². The molecule has 0 aliphatic heterocycles. The highest BCUT2D eigenvalue weighted by Gasteiger charge is 2.20. The number of para-hydroxylation sites is 1. The van der Waals surface area contributed by atoms with Crippen molar-refractivity contribution in [1.29, 1.82) is 0 Å². The summed E-state index contributed by atoms with van der Waals surface area (Å²) in [6, 6.07) is 25.6. The van der Waals surface area contributed by atoms with Crippen LogP contribution in [0.3, 0.4) is 0 Å². The minimum Gasteiger partial charge on any atom is -0.477 e. The average molecular weight is 508 g/mol. The molecule has 0 saturated carbocycles. The lowest BCUT2D eigenvalue weighted by Crippen LogP contribution is -2.17. The number of nitrogens with one attached hydrogen (secondary N) is 2. The molecule has 0 fully saturated rings. The van der Waals surface area contributed by atoms with Crippen LogP contribution < -0.4 is 25.8 Å². The molecule has 1 amide bonds. The number of pyridine rings is 1. The Morgan fingerprint density at radius 3 is 2.34 bits per heavy atom. The van der Waals surface area contributed by atoms with E-state index in [2.05, 4.69) is 20.6 Å². The van der Waals surface area contributed by atoms with E-state index in [4.69, 9.17) is 19.6 Å². The molecule has 9 nitrogen and oxygen atoms in total. The van der Waals surface area contributed by atoms with E-state index in [-0.39, 0.29) is 17.1 Å². The summed E-state index contributed by atoms with van der Waals surface area (Å²) in [7, 11) is 0. The van der Waals surface area contributed by atoms with Gasteiger partial charge in [0, 0.05) is 23.0 Å². The molecule has 5 rings (SSSR count). The van der Waals surface area contributed by atoms with Crippen LogP contribution in [0.2, 0.25) is 0 Å². The second kappa shape index (κ2) is 11.2. The molecule has 0 atom stereocenters. The van der Waals surface area contributed by atoms with E-state index < -0.39 is 5.91 Å². The fourth-order valence-electron chi connectivity index (χ4n) is 3.72. The van der Waals surface area contributed by atoms with Crippen LogP contribution in [-0.4, -0.2) is 22.5 Å². The number of nitrogens with two attached hydrogens (primary N) is 1. The number of rotatable bonds is 9. The summed E-state index contributed by atoms with van der Waals surface area (Å²) >= 11 is 0. The fraction of sp³-hybridized carbons (Fsp3) is 0.0690. The first-order valence-corrected chi connectivity index (χ1v) is 11.9. The van der Waals surface area contributed by atoms with Crippen LogP contribution in [-0.2, 0) is 0 Å². The van der Waals surface area contributed by atoms with E-state index in [1.807, 2.05) is 61.5 Å². The van der Waals surface area contributed by atoms with E-state index in [0.717, 1.165) is 17.0 Å². The van der Waals surface area contributed by atoms with Crippen molar-refractivity contribution in [2.75, 3.05) is 23.0 Å². The highest BCUT2D eigenvalue weighted by molar-refractivity contribution is 6.09. The third-order valence-corrected chi connectivity index (χ3v) is 5.49. The number of nitrogens with zero attached hydrogens (tertiary/aromatic N) is 2. The molecule has 2 aromatic heterocycles. The number of hydrogen-bond acceptors (Lipinski definition) is 8. The van der Waals surface area contributed by atoms with Gasteiger partial charge in [-0.1, -0.05) is 18.2 Å². The van der Waals surface area contributed by atoms with Crippen molar-refractivity contribution < 1.29 is 18.7 Å². The molecule has 0 aliphatic carbocycles. The predicted octanol–water partition coefficient (Wildman–Crippen LogP) is 6.51. The summed E-state index contributed by atoms with van der Waals surface area (Å²) in [6.45, 7) is 2.13. The molecule has 0 unspecified atom stereocenters. The van der Waals surface area contributed by atoms with Crippen molar-refractivity contribution in [2.45, 2.75) is 6.92 Å². The highest BCUT2D eigenvalue weighted by Crippen LogP contribution is 2.30. The SMILES string of the molecule is CCOc1nc(Nc2ccc(-c3cnco3)cc2)cc(N)c1C(=O)Nc1ccc(Oc2ccccc2)cc1. The van der Waals surface area contributed by atoms with Crippen LogP contribution >= 0.6 is 0 Å². The first-order chi connectivity index (χ1) is 18.6. The standard InChI is InChI=1S/C29H25N5O4/c1-2-36-29-27(28(35)33-21-12-14-23(15-13-21)38-22-6-4-3-5-7-22)24(30)16-26(34-29)32-20-10-8-19(9-11-20)25-17-31-18-37-25/h3-18H,2H2,1H3,(H,33,35)(H3,30,32,34). The summed E-state index contributed by atoms with van der Waals surface area (Å²) in [4.78, 5) is 21.6. The lowest BCUT2D eigenvalue weighted by Gasteiger charge is -2.15. The van der Waals surface area contributed by atoms with Crippen LogP contribution in [0.1, 0.15) is 17.3 Å². The van der Waals surface area contributed by atoms with E-state index >= 15 is 0 Å². The summed E-state index contributed by atoms with van der Waals surface area (Å²) < 4.78 is 16.8. The van der Waals surface area contributed by atoms with Crippen molar-refractivity contribution in [3.63, 3.8) is 0 Å². The maximum Gasteiger partial charge on any atom is 0.263 e. The predicted molar refractivity (Wildman–Crippen MR) is 146 cm³/mol. The average Bonchev–Trinajstić information content (AvgIpc) is 3.46. The maximum absolute atomic E-state index is 13.1. The van der Waals surface area contributed by atoms with Crippen LogP contribution in [0.25, 0.3) is 11.3 Å². The number of benzene rings is 3. The van der Waals surface area contributed by atoms with Gasteiger partial charge in [-0.05, 0) is 67.6 Å². The van der Waals surface area contributed by atoms with E-state index in [1.165, 1.54) is 6.39 Å². The van der Waals surface area contributed by atoms with Gasteiger partial charge in [0.25, 0.3) is 5.91 Å². The van der Waals surface area contributed by atoms with Gasteiger partial charge in [0.05, 0.1) is 18.5 Å². The summed E-state index contributed by atoms with van der Waals surface area (Å²) in [6.07, 6.45) is 3.03. The summed E-state index contributed by atoms with van der Waals surface area (Å²) in [5, 5.41) is 6.04. The van der Waals surface area contributed by atoms with Gasteiger partial charge in [-0.2, -0.15) is 4.98 Å². The molecule has 2 heterocycles. The maximum atomic E-state index is 13.1. The Morgan fingerprint density at radius 1 is 0.947 bits per heavy atom. The normalized spacial score (nSPS) is 10.6. The Hall–Kier alpha value is -5.31. The van der Waals surface area contributed by atoms with Gasteiger partial charge >= 0.3 is 0 Å². The number of carbonyl (C=O) groups excluding carboxylic acids is 1. The number of ether oxygens (including phenoxy) is 2. The zero-order valence-electron chi connectivity index (χ0n) is 20.5. The van der Waals surface area contributed by atoms with E-state index in [9.17, 15) is 4.79 Å². The zero-order valence-corrected chi connectivity index (χ0v) is 20.5. The van der Waals surface area contributed by atoms with Crippen molar-refractivity contribution >= 4 is 28.8 Å². The number of oxazole rings is 1. The van der Waals surface area contributed by atoms with Crippen LogP contribution in [0, 0.1) is 0 Å². The molecule has 3 aromatic carbocycles. The molecule has 0 radical (unpaired) electrons. The van der Waals surface area contributed by atoms with Gasteiger partial charge in [-0.3, -0.25) is 4.79 Å². The van der Waals surface area contributed by atoms with Crippen molar-refractivity contribution in [3.05, 3.63) is 103 Å². The quantitative estimate of drug-likeness (QED) is 0.206. The molecule has 38 heavy (non-hydrogen) atoms. The zero-order chi connectivity index (χ0) is 26.3. The molecular formula is C29H25N5O4. The van der Waals surface area contributed by atoms with Gasteiger partial charge in [-0.15, -0.1) is 0 Å². The molecule has 190 valence electrons. The first kappa shape index (κ1) is 24.4. The van der Waals surface area contributed by atoms with Gasteiger partial charge in [-0.25, -0.2) is 4.98 Å². The Kier molecular flexibility index (Phi) is 7.17. The molecule has 4 N–H and O–H groups in total. The number of aromatic nitrogens is 2. The third kappa shape index (κ3) is 5.73. The minimum atomic E-state index is -0.432. The summed E-state index contributed by atoms with van der Waals surface area (Å²) in [5.74, 6) is 2.19. The van der Waals surface area contributed by atoms with Gasteiger partial charge in [0.1, 0.15) is 22.9 Å². The van der Waals surface area contributed by atoms with Crippen molar-refractivity contribution in [2.24, 2.45) is 0 Å². The number of amides is 1. The molecule has 5 aromatic rings. The smallest absolute Gasteiger partial charge is 0.263 e. The molecule has 0 saturated heterocycles. The molecule has 0 aliphatic rings. The van der Waals surface area contributed by atoms with Crippen molar-refractivity contribution in [3.8, 4) is 28.7 Å². The monoisotopic (exact) mass is 507 g/mol. The van der Waals surface area contributed by atoms with Gasteiger partial charge in [0.15, 0.2) is 12.2 Å². The fourth-order valence-corrected chi connectivity index (χ4v) is 3.72. The Morgan fingerprint density at radius 2 is 1.66 bits per heavy atom. The molecular weight excluding hydrogens is 482 g/mol. The first-order valence-electron chi connectivity index (χ1n) is 11.9. The van der Waals surface area contributed by atoms with E-state index in [1.54, 1.807) is 36.5 Å². The third-order valence-electron chi connectivity index (χ3n) is 5.49. The second-order valence-electron chi connectivity index (χ2n) is 8.17. The van der Waals surface area contributed by atoms with Gasteiger partial charge < -0.3 is 30.3 Å². The Balaban J connectivity index is 1.30. The van der Waals surface area contributed by atoms with Gasteiger partial charge in [0.2, 0.25) is 5.88 Å². The van der Waals surface area contributed by atoms with Crippen LogP contribution in [0.15, 0.2) is 102 Å². The molecule has 0 bridgehead atoms. The Bertz CT molecular complexity index is 1500. The minimum absolute atomic E-state index is 0.134. The largest absolute Gasteiger partial charge is 0.477 e. The number of nitrogen functional groups attached to an aromatic ring is 1. The molecule has 9 heteroatoms. The van der Waals surface area contributed by atoms with E-state index in [0.29, 0.717) is 29.6 Å². The number of hydrogen-bond donors (Lipinski definition) is 3. The van der Waals surface area contributed by atoms with Crippen LogP contribution in [0.5, 0.6) is 17.4 Å². The lowest BCUT2D eigenvalue weighted by atomic mass is 10.1. The van der Waals surface area contributed by atoms with Crippen LogP contribution in [0.4, 0.5) is 22.9 Å². The highest BCUT2D eigenvalue weighted by atomic mass is 16.5.